The van der Waals surface area contributed by atoms with Crippen LogP contribution in [0.4, 0.5) is 0 Å². The lowest BCUT2D eigenvalue weighted by Gasteiger charge is -2.11. The number of aromatic nitrogens is 2. The second-order valence-electron chi connectivity index (χ2n) is 3.83. The topological polar surface area (TPSA) is 92.4 Å². The summed E-state index contributed by atoms with van der Waals surface area (Å²) >= 11 is 0. The molecule has 0 atom stereocenters. The Morgan fingerprint density at radius 2 is 2.05 bits per heavy atom. The van der Waals surface area contributed by atoms with Crippen LogP contribution in [0.2, 0.25) is 0 Å². The van der Waals surface area contributed by atoms with E-state index < -0.39 is 11.5 Å². The van der Waals surface area contributed by atoms with Crippen LogP contribution in [-0.4, -0.2) is 32.3 Å². The van der Waals surface area contributed by atoms with Gasteiger partial charge in [0.2, 0.25) is 0 Å². The molecule has 0 unspecified atom stereocenters. The molecule has 2 rings (SSSR count). The van der Waals surface area contributed by atoms with Gasteiger partial charge in [0.15, 0.2) is 0 Å². The highest BCUT2D eigenvalue weighted by atomic mass is 16.4. The predicted octanol–water partition coefficient (Wildman–Crippen LogP) is 0.601. The van der Waals surface area contributed by atoms with E-state index in [1.165, 1.54) is 16.7 Å². The second kappa shape index (κ2) is 5.45. The molecule has 0 radical (unpaired) electrons. The van der Waals surface area contributed by atoms with Gasteiger partial charge in [-0.2, -0.15) is 0 Å². The van der Waals surface area contributed by atoms with E-state index in [2.05, 4.69) is 4.98 Å². The second-order valence-corrected chi connectivity index (χ2v) is 3.83. The summed E-state index contributed by atoms with van der Waals surface area (Å²) in [4.78, 5) is 27.1. The molecule has 6 nitrogen and oxygen atoms in total. The number of hydrogen-bond donors (Lipinski definition) is 2. The van der Waals surface area contributed by atoms with Crippen molar-refractivity contribution in [2.24, 2.45) is 0 Å². The van der Waals surface area contributed by atoms with Crippen molar-refractivity contribution in [1.29, 1.82) is 0 Å². The van der Waals surface area contributed by atoms with E-state index >= 15 is 0 Å². The molecule has 0 aliphatic carbocycles. The lowest BCUT2D eigenvalue weighted by atomic mass is 10.2. The zero-order valence-corrected chi connectivity index (χ0v) is 9.98. The number of aromatic carboxylic acids is 1. The van der Waals surface area contributed by atoms with Crippen molar-refractivity contribution in [2.75, 3.05) is 6.61 Å². The molecule has 6 heteroatoms. The Bertz CT molecular complexity index is 649. The monoisotopic (exact) mass is 260 g/mol. The molecule has 0 fully saturated rings. The molecule has 0 spiro atoms. The van der Waals surface area contributed by atoms with Gasteiger partial charge in [-0.3, -0.25) is 9.78 Å². The predicted molar refractivity (Wildman–Crippen MR) is 68.0 cm³/mol. The number of carboxylic acid groups (broad SMARTS) is 1. The summed E-state index contributed by atoms with van der Waals surface area (Å²) in [6, 6.07) is 7.99. The van der Waals surface area contributed by atoms with E-state index in [9.17, 15) is 9.59 Å². The van der Waals surface area contributed by atoms with Gasteiger partial charge in [0.05, 0.1) is 18.0 Å². The number of aliphatic hydroxyl groups is 1. The molecule has 98 valence electrons. The summed E-state index contributed by atoms with van der Waals surface area (Å²) in [6.07, 6.45) is 1.58. The first-order valence-corrected chi connectivity index (χ1v) is 5.64. The summed E-state index contributed by atoms with van der Waals surface area (Å²) in [6.45, 7) is -0.241. The van der Waals surface area contributed by atoms with E-state index in [4.69, 9.17) is 10.2 Å². The smallest absolute Gasteiger partial charge is 0.341 e. The number of pyridine rings is 2. The third kappa shape index (κ3) is 2.53. The molecule has 2 aromatic rings. The molecule has 0 saturated heterocycles. The van der Waals surface area contributed by atoms with Crippen LogP contribution in [0.5, 0.6) is 0 Å². The minimum atomic E-state index is -1.29. The molecule has 0 aliphatic heterocycles. The van der Waals surface area contributed by atoms with Crippen molar-refractivity contribution in [3.05, 3.63) is 52.4 Å². The van der Waals surface area contributed by atoms with Crippen LogP contribution in [-0.2, 0) is 6.54 Å². The highest BCUT2D eigenvalue weighted by Gasteiger charge is 2.15. The van der Waals surface area contributed by atoms with Gasteiger partial charge >= 0.3 is 5.97 Å². The number of carbonyl (C=O) groups is 1. The Kier molecular flexibility index (Phi) is 3.72. The van der Waals surface area contributed by atoms with Crippen molar-refractivity contribution >= 4 is 5.97 Å². The lowest BCUT2D eigenvalue weighted by Crippen LogP contribution is -2.28. The zero-order chi connectivity index (χ0) is 13.8. The number of rotatable bonds is 4. The summed E-state index contributed by atoms with van der Waals surface area (Å²) in [7, 11) is 0. The fourth-order valence-corrected chi connectivity index (χ4v) is 1.80. The summed E-state index contributed by atoms with van der Waals surface area (Å²) in [5.74, 6) is -1.29. The minimum absolute atomic E-state index is 0.0197. The molecule has 0 amide bonds. The van der Waals surface area contributed by atoms with E-state index in [1.807, 2.05) is 0 Å². The first-order valence-electron chi connectivity index (χ1n) is 5.64. The van der Waals surface area contributed by atoms with Crippen LogP contribution in [0.15, 0.2) is 41.3 Å². The first kappa shape index (κ1) is 13.0. The van der Waals surface area contributed by atoms with E-state index in [0.29, 0.717) is 11.4 Å². The molecule has 2 heterocycles. The maximum absolute atomic E-state index is 12.0. The zero-order valence-electron chi connectivity index (χ0n) is 9.98. The largest absolute Gasteiger partial charge is 0.477 e. The van der Waals surface area contributed by atoms with Crippen molar-refractivity contribution in [2.45, 2.75) is 6.54 Å². The quantitative estimate of drug-likeness (QED) is 0.839. The van der Waals surface area contributed by atoms with E-state index in [1.54, 1.807) is 24.4 Å². The first-order chi connectivity index (χ1) is 9.15. The Hall–Kier alpha value is -2.47. The van der Waals surface area contributed by atoms with Crippen LogP contribution >= 0.6 is 0 Å². The fourth-order valence-electron chi connectivity index (χ4n) is 1.80. The minimum Gasteiger partial charge on any atom is -0.477 e. The van der Waals surface area contributed by atoms with E-state index in [0.717, 1.165) is 0 Å². The normalized spacial score (nSPS) is 10.4. The Balaban J connectivity index is 2.66. The maximum atomic E-state index is 12.0. The fraction of sp³-hybridized carbons (Fsp3) is 0.154. The molecular formula is C13H12N2O4. The third-order valence-corrected chi connectivity index (χ3v) is 2.66. The Morgan fingerprint density at radius 1 is 1.26 bits per heavy atom. The van der Waals surface area contributed by atoms with Gasteiger partial charge < -0.3 is 14.8 Å². The summed E-state index contributed by atoms with van der Waals surface area (Å²) in [5, 5.41) is 17.9. The summed E-state index contributed by atoms with van der Waals surface area (Å²) < 4.78 is 1.21. The SMILES string of the molecule is O=C(O)c1ccc(-c2ccccn2)n(CCO)c1=O. The molecule has 2 aromatic heterocycles. The number of aliphatic hydroxyl groups excluding tert-OH is 1. The summed E-state index contributed by atoms with van der Waals surface area (Å²) in [5.41, 5.74) is 0.0486. The van der Waals surface area contributed by atoms with Crippen LogP contribution in [0.1, 0.15) is 10.4 Å². The van der Waals surface area contributed by atoms with Gasteiger partial charge in [-0.05, 0) is 24.3 Å². The van der Waals surface area contributed by atoms with E-state index in [-0.39, 0.29) is 18.7 Å². The number of nitrogens with zero attached hydrogens (tertiary/aromatic N) is 2. The number of carboxylic acids is 1. The van der Waals surface area contributed by atoms with Crippen LogP contribution in [0.3, 0.4) is 0 Å². The van der Waals surface area contributed by atoms with Gasteiger partial charge in [0.1, 0.15) is 5.56 Å². The molecular weight excluding hydrogens is 248 g/mol. The third-order valence-electron chi connectivity index (χ3n) is 2.66. The van der Waals surface area contributed by atoms with Gasteiger partial charge in [-0.15, -0.1) is 0 Å². The van der Waals surface area contributed by atoms with Crippen LogP contribution < -0.4 is 5.56 Å². The highest BCUT2D eigenvalue weighted by molar-refractivity contribution is 5.87. The van der Waals surface area contributed by atoms with Crippen molar-refractivity contribution in [3.63, 3.8) is 0 Å². The van der Waals surface area contributed by atoms with Crippen molar-refractivity contribution < 1.29 is 15.0 Å². The van der Waals surface area contributed by atoms with Gasteiger partial charge in [0, 0.05) is 12.7 Å². The molecule has 0 aromatic carbocycles. The molecule has 2 N–H and O–H groups in total. The van der Waals surface area contributed by atoms with Crippen LogP contribution in [0.25, 0.3) is 11.4 Å². The van der Waals surface area contributed by atoms with Gasteiger partial charge in [-0.1, -0.05) is 6.07 Å². The number of hydrogen-bond acceptors (Lipinski definition) is 4. The Morgan fingerprint density at radius 3 is 2.63 bits per heavy atom. The van der Waals surface area contributed by atoms with Gasteiger partial charge in [-0.25, -0.2) is 4.79 Å². The average molecular weight is 260 g/mol. The molecule has 0 saturated carbocycles. The van der Waals surface area contributed by atoms with Crippen molar-refractivity contribution in [1.82, 2.24) is 9.55 Å². The average Bonchev–Trinajstić information content (AvgIpc) is 2.41. The standard InChI is InChI=1S/C13H12N2O4/c16-8-7-15-11(10-3-1-2-6-14-10)5-4-9(12(15)17)13(18)19/h1-6,16H,7-8H2,(H,18,19). The Labute approximate surface area is 108 Å². The highest BCUT2D eigenvalue weighted by Crippen LogP contribution is 2.15. The van der Waals surface area contributed by atoms with Gasteiger partial charge in [0.25, 0.3) is 5.56 Å². The van der Waals surface area contributed by atoms with Crippen molar-refractivity contribution in [3.8, 4) is 11.4 Å². The maximum Gasteiger partial charge on any atom is 0.341 e. The molecule has 0 bridgehead atoms. The van der Waals surface area contributed by atoms with Crippen LogP contribution in [0, 0.1) is 0 Å². The lowest BCUT2D eigenvalue weighted by molar-refractivity contribution is 0.0694. The molecule has 19 heavy (non-hydrogen) atoms. The molecule has 0 aliphatic rings.